The zero-order valence-corrected chi connectivity index (χ0v) is 11.7. The number of hydrogen-bond donors (Lipinski definition) is 2. The van der Waals surface area contributed by atoms with Crippen LogP contribution in [0.5, 0.6) is 0 Å². The summed E-state index contributed by atoms with van der Waals surface area (Å²) in [6.07, 6.45) is 0.888. The summed E-state index contributed by atoms with van der Waals surface area (Å²) < 4.78 is 0. The molecular formula is C15H14Cl2N2. The van der Waals surface area contributed by atoms with Crippen molar-refractivity contribution in [1.82, 2.24) is 0 Å². The van der Waals surface area contributed by atoms with Gasteiger partial charge in [-0.25, -0.2) is 0 Å². The lowest BCUT2D eigenvalue weighted by atomic mass is 10.1. The third-order valence-corrected chi connectivity index (χ3v) is 4.26. The molecule has 0 amide bonds. The molecule has 4 heteroatoms. The Bertz CT molecular complexity index is 613. The van der Waals surface area contributed by atoms with Gasteiger partial charge in [0.15, 0.2) is 0 Å². The normalized spacial score (nSPS) is 21.2. The fourth-order valence-electron chi connectivity index (χ4n) is 2.60. The van der Waals surface area contributed by atoms with Gasteiger partial charge in [-0.3, -0.25) is 0 Å². The quantitative estimate of drug-likeness (QED) is 0.852. The smallest absolute Gasteiger partial charge is 0.0612 e. The first-order valence-corrected chi connectivity index (χ1v) is 6.97. The summed E-state index contributed by atoms with van der Waals surface area (Å²) in [4.78, 5) is 0. The summed E-state index contributed by atoms with van der Waals surface area (Å²) in [6, 6.07) is 14.2. The van der Waals surface area contributed by atoms with E-state index in [2.05, 4.69) is 17.4 Å². The number of nitrogens with two attached hydrogens (primary N) is 1. The predicted octanol–water partition coefficient (Wildman–Crippen LogP) is 4.55. The molecule has 0 bridgehead atoms. The minimum absolute atomic E-state index is 0.0940. The van der Waals surface area contributed by atoms with Crippen LogP contribution in [0.15, 0.2) is 42.5 Å². The maximum Gasteiger partial charge on any atom is 0.0612 e. The number of benzene rings is 2. The average molecular weight is 293 g/mol. The van der Waals surface area contributed by atoms with Crippen LogP contribution in [0.2, 0.25) is 10.0 Å². The van der Waals surface area contributed by atoms with Gasteiger partial charge in [-0.1, -0.05) is 47.5 Å². The standard InChI is InChI=1S/C15H14Cl2N2/c16-12-6-5-9(7-13(12)17)19-15-8-14(18)10-3-1-2-4-11(10)15/h1-7,14-15,19H,8,18H2. The molecule has 3 N–H and O–H groups in total. The number of anilines is 1. The molecule has 2 aromatic carbocycles. The summed E-state index contributed by atoms with van der Waals surface area (Å²) in [6.45, 7) is 0. The second-order valence-electron chi connectivity index (χ2n) is 4.80. The van der Waals surface area contributed by atoms with Gasteiger partial charge in [0.25, 0.3) is 0 Å². The molecular weight excluding hydrogens is 279 g/mol. The number of halogens is 2. The van der Waals surface area contributed by atoms with Crippen molar-refractivity contribution in [1.29, 1.82) is 0 Å². The Labute approximate surface area is 122 Å². The zero-order chi connectivity index (χ0) is 13.4. The van der Waals surface area contributed by atoms with E-state index in [1.165, 1.54) is 11.1 Å². The van der Waals surface area contributed by atoms with Crippen molar-refractivity contribution in [2.24, 2.45) is 5.73 Å². The first-order chi connectivity index (χ1) is 9.15. The van der Waals surface area contributed by atoms with Gasteiger partial charge < -0.3 is 11.1 Å². The maximum absolute atomic E-state index is 6.16. The summed E-state index contributed by atoms with van der Waals surface area (Å²) >= 11 is 12.0. The Morgan fingerprint density at radius 3 is 2.47 bits per heavy atom. The largest absolute Gasteiger partial charge is 0.378 e. The van der Waals surface area contributed by atoms with Crippen LogP contribution in [-0.4, -0.2) is 0 Å². The molecule has 0 spiro atoms. The van der Waals surface area contributed by atoms with Crippen molar-refractivity contribution in [3.05, 3.63) is 63.6 Å². The highest BCUT2D eigenvalue weighted by Gasteiger charge is 2.27. The van der Waals surface area contributed by atoms with E-state index in [9.17, 15) is 0 Å². The molecule has 98 valence electrons. The van der Waals surface area contributed by atoms with E-state index in [1.54, 1.807) is 6.07 Å². The van der Waals surface area contributed by atoms with Gasteiger partial charge in [-0.05, 0) is 35.7 Å². The molecule has 0 radical (unpaired) electrons. The highest BCUT2D eigenvalue weighted by Crippen LogP contribution is 2.39. The van der Waals surface area contributed by atoms with Crippen molar-refractivity contribution in [3.63, 3.8) is 0 Å². The van der Waals surface area contributed by atoms with Crippen LogP contribution in [0.3, 0.4) is 0 Å². The number of rotatable bonds is 2. The molecule has 3 rings (SSSR count). The van der Waals surface area contributed by atoms with Crippen LogP contribution >= 0.6 is 23.2 Å². The van der Waals surface area contributed by atoms with Crippen molar-refractivity contribution in [2.75, 3.05) is 5.32 Å². The van der Waals surface area contributed by atoms with E-state index in [0.29, 0.717) is 10.0 Å². The van der Waals surface area contributed by atoms with E-state index >= 15 is 0 Å². The van der Waals surface area contributed by atoms with Gasteiger partial charge in [0.2, 0.25) is 0 Å². The Morgan fingerprint density at radius 2 is 1.74 bits per heavy atom. The molecule has 2 atom stereocenters. The van der Waals surface area contributed by atoms with Gasteiger partial charge >= 0.3 is 0 Å². The molecule has 19 heavy (non-hydrogen) atoms. The van der Waals surface area contributed by atoms with Gasteiger partial charge in [0, 0.05) is 11.7 Å². The first kappa shape index (κ1) is 12.8. The zero-order valence-electron chi connectivity index (χ0n) is 10.2. The molecule has 0 fully saturated rings. The summed E-state index contributed by atoms with van der Waals surface area (Å²) in [5.74, 6) is 0. The SMILES string of the molecule is NC1CC(Nc2ccc(Cl)c(Cl)c2)c2ccccc21. The molecule has 1 aliphatic carbocycles. The molecule has 2 unspecified atom stereocenters. The van der Waals surface area contributed by atoms with E-state index in [1.807, 2.05) is 24.3 Å². The molecule has 2 aromatic rings. The van der Waals surface area contributed by atoms with Gasteiger partial charge in [0.1, 0.15) is 0 Å². The monoisotopic (exact) mass is 292 g/mol. The summed E-state index contributed by atoms with van der Waals surface area (Å²) in [5.41, 5.74) is 9.61. The van der Waals surface area contributed by atoms with Gasteiger partial charge in [0.05, 0.1) is 16.1 Å². The van der Waals surface area contributed by atoms with Crippen molar-refractivity contribution in [2.45, 2.75) is 18.5 Å². The fraction of sp³-hybridized carbons (Fsp3) is 0.200. The van der Waals surface area contributed by atoms with Crippen LogP contribution < -0.4 is 11.1 Å². The molecule has 0 aliphatic heterocycles. The van der Waals surface area contributed by atoms with Crippen molar-refractivity contribution < 1.29 is 0 Å². The Hall–Kier alpha value is -1.22. The number of fused-ring (bicyclic) bond motifs is 1. The fourth-order valence-corrected chi connectivity index (χ4v) is 2.90. The maximum atomic E-state index is 6.16. The van der Waals surface area contributed by atoms with Crippen LogP contribution in [0.4, 0.5) is 5.69 Å². The van der Waals surface area contributed by atoms with Crippen LogP contribution in [0.1, 0.15) is 29.6 Å². The topological polar surface area (TPSA) is 38.0 Å². The third-order valence-electron chi connectivity index (χ3n) is 3.52. The molecule has 0 aromatic heterocycles. The third kappa shape index (κ3) is 2.44. The number of hydrogen-bond acceptors (Lipinski definition) is 2. The molecule has 2 nitrogen and oxygen atoms in total. The number of nitrogens with one attached hydrogen (secondary N) is 1. The molecule has 0 saturated heterocycles. The van der Waals surface area contributed by atoms with E-state index in [-0.39, 0.29) is 12.1 Å². The molecule has 0 saturated carbocycles. The molecule has 0 heterocycles. The Balaban J connectivity index is 1.87. The van der Waals surface area contributed by atoms with E-state index < -0.39 is 0 Å². The molecule has 1 aliphatic rings. The van der Waals surface area contributed by atoms with Gasteiger partial charge in [-0.2, -0.15) is 0 Å². The average Bonchev–Trinajstić information content (AvgIpc) is 2.72. The van der Waals surface area contributed by atoms with Crippen LogP contribution in [0, 0.1) is 0 Å². The minimum atomic E-state index is 0.0940. The lowest BCUT2D eigenvalue weighted by Crippen LogP contribution is -2.09. The van der Waals surface area contributed by atoms with Crippen LogP contribution in [0.25, 0.3) is 0 Å². The van der Waals surface area contributed by atoms with Crippen molar-refractivity contribution >= 4 is 28.9 Å². The van der Waals surface area contributed by atoms with Crippen molar-refractivity contribution in [3.8, 4) is 0 Å². The lowest BCUT2D eigenvalue weighted by molar-refractivity contribution is 0.648. The Morgan fingerprint density at radius 1 is 1.00 bits per heavy atom. The van der Waals surface area contributed by atoms with E-state index in [4.69, 9.17) is 28.9 Å². The first-order valence-electron chi connectivity index (χ1n) is 6.21. The summed E-state index contributed by atoms with van der Waals surface area (Å²) in [7, 11) is 0. The second-order valence-corrected chi connectivity index (χ2v) is 5.61. The highest BCUT2D eigenvalue weighted by atomic mass is 35.5. The van der Waals surface area contributed by atoms with Gasteiger partial charge in [-0.15, -0.1) is 0 Å². The highest BCUT2D eigenvalue weighted by molar-refractivity contribution is 6.42. The minimum Gasteiger partial charge on any atom is -0.378 e. The second kappa shape index (κ2) is 5.04. The van der Waals surface area contributed by atoms with Crippen LogP contribution in [-0.2, 0) is 0 Å². The Kier molecular flexibility index (Phi) is 3.40. The summed E-state index contributed by atoms with van der Waals surface area (Å²) in [5, 5.41) is 4.60. The van der Waals surface area contributed by atoms with E-state index in [0.717, 1.165) is 12.1 Å². The predicted molar refractivity (Wildman–Crippen MR) is 80.8 cm³/mol. The lowest BCUT2D eigenvalue weighted by Gasteiger charge is -2.16.